The number of carbonyl (C=O) groups is 1. The van der Waals surface area contributed by atoms with Crippen LogP contribution >= 0.6 is 0 Å². The average molecular weight is 630 g/mol. The number of para-hydroxylation sites is 1. The first kappa shape index (κ1) is 31.8. The van der Waals surface area contributed by atoms with Gasteiger partial charge in [0.1, 0.15) is 42.1 Å². The number of amides is 1. The summed E-state index contributed by atoms with van der Waals surface area (Å²) in [5.74, 6) is -1.20. The first-order chi connectivity index (χ1) is 22.2. The van der Waals surface area contributed by atoms with Gasteiger partial charge >= 0.3 is 0 Å². The summed E-state index contributed by atoms with van der Waals surface area (Å²) in [7, 11) is 0. The summed E-state index contributed by atoms with van der Waals surface area (Å²) in [6.45, 7) is -0.545. The van der Waals surface area contributed by atoms with E-state index in [1.807, 2.05) is 36.4 Å². The van der Waals surface area contributed by atoms with Crippen molar-refractivity contribution >= 4 is 11.6 Å². The van der Waals surface area contributed by atoms with Crippen LogP contribution in [0, 0.1) is 11.7 Å². The predicted octanol–water partition coefficient (Wildman–Crippen LogP) is 3.93. The molecule has 0 bridgehead atoms. The van der Waals surface area contributed by atoms with Gasteiger partial charge in [-0.3, -0.25) is 4.79 Å². The van der Waals surface area contributed by atoms with E-state index in [0.717, 1.165) is 0 Å². The van der Waals surface area contributed by atoms with Gasteiger partial charge in [0, 0.05) is 16.8 Å². The monoisotopic (exact) mass is 629 g/mol. The van der Waals surface area contributed by atoms with Gasteiger partial charge in [-0.15, -0.1) is 0 Å². The number of aromatic hydroxyl groups is 1. The number of ether oxygens (including phenoxy) is 1. The molecule has 10 heteroatoms. The number of hydrogen-bond donors (Lipinski definition) is 6. The van der Waals surface area contributed by atoms with Crippen LogP contribution < -0.4 is 4.90 Å². The van der Waals surface area contributed by atoms with Gasteiger partial charge in [0.05, 0.1) is 24.7 Å². The summed E-state index contributed by atoms with van der Waals surface area (Å²) >= 11 is 0. The van der Waals surface area contributed by atoms with Crippen LogP contribution in [0.15, 0.2) is 97.1 Å². The molecule has 240 valence electrons. The van der Waals surface area contributed by atoms with Crippen LogP contribution in [0.1, 0.15) is 47.8 Å². The van der Waals surface area contributed by atoms with E-state index >= 15 is 0 Å². The van der Waals surface area contributed by atoms with Crippen molar-refractivity contribution in [2.75, 3.05) is 11.5 Å². The number of phenols is 1. The van der Waals surface area contributed by atoms with Crippen molar-refractivity contribution in [1.29, 1.82) is 0 Å². The van der Waals surface area contributed by atoms with E-state index in [-0.39, 0.29) is 23.6 Å². The fourth-order valence-corrected chi connectivity index (χ4v) is 6.56. The summed E-state index contributed by atoms with van der Waals surface area (Å²) in [5, 5.41) is 62.6. The molecule has 2 saturated heterocycles. The van der Waals surface area contributed by atoms with Gasteiger partial charge in [-0.1, -0.05) is 66.7 Å². The Labute approximate surface area is 265 Å². The lowest BCUT2D eigenvalue weighted by Crippen LogP contribution is -2.55. The number of aliphatic hydroxyl groups is 5. The molecule has 46 heavy (non-hydrogen) atoms. The zero-order chi connectivity index (χ0) is 32.5. The molecule has 2 heterocycles. The number of hydrogen-bond acceptors (Lipinski definition) is 8. The van der Waals surface area contributed by atoms with Crippen LogP contribution in [0.4, 0.5) is 10.1 Å². The number of aliphatic hydroxyl groups excluding tert-OH is 5. The largest absolute Gasteiger partial charge is 0.507 e. The molecule has 0 radical (unpaired) electrons. The number of benzene rings is 4. The minimum absolute atomic E-state index is 0.0547. The van der Waals surface area contributed by atoms with Gasteiger partial charge in [0.25, 0.3) is 0 Å². The van der Waals surface area contributed by atoms with Crippen molar-refractivity contribution in [3.63, 3.8) is 0 Å². The maximum absolute atomic E-state index is 14.3. The Morgan fingerprint density at radius 3 is 2.28 bits per heavy atom. The van der Waals surface area contributed by atoms with Gasteiger partial charge in [0.15, 0.2) is 0 Å². The van der Waals surface area contributed by atoms with Crippen molar-refractivity contribution in [2.45, 2.75) is 55.5 Å². The Morgan fingerprint density at radius 2 is 1.57 bits per heavy atom. The Balaban J connectivity index is 1.27. The molecule has 0 aromatic heterocycles. The molecule has 0 spiro atoms. The summed E-state index contributed by atoms with van der Waals surface area (Å²) in [6, 6.07) is 26.7. The molecule has 2 aliphatic heterocycles. The van der Waals surface area contributed by atoms with E-state index in [1.54, 1.807) is 53.4 Å². The molecular weight excluding hydrogens is 593 g/mol. The normalized spacial score (nSPS) is 26.9. The third-order valence-electron chi connectivity index (χ3n) is 9.05. The van der Waals surface area contributed by atoms with Crippen LogP contribution in [0.25, 0.3) is 11.1 Å². The second-order valence-corrected chi connectivity index (χ2v) is 11.9. The lowest BCUT2D eigenvalue weighted by atomic mass is 9.78. The van der Waals surface area contributed by atoms with E-state index in [2.05, 4.69) is 0 Å². The molecule has 0 unspecified atom stereocenters. The van der Waals surface area contributed by atoms with E-state index < -0.39 is 61.0 Å². The predicted molar refractivity (Wildman–Crippen MR) is 167 cm³/mol. The van der Waals surface area contributed by atoms with Gasteiger partial charge in [-0.05, 0) is 59.9 Å². The van der Waals surface area contributed by atoms with Crippen LogP contribution in [-0.4, -0.2) is 67.6 Å². The minimum Gasteiger partial charge on any atom is -0.507 e. The first-order valence-electron chi connectivity index (χ1n) is 15.2. The highest BCUT2D eigenvalue weighted by Gasteiger charge is 2.49. The maximum atomic E-state index is 14.3. The Hall–Kier alpha value is -4.16. The maximum Gasteiger partial charge on any atom is 0.233 e. The SMILES string of the molecule is O=C1[C@H](CC[C@H](O)c2ccccc2F)[C@@H](c2ccc(-c3cccc([C@@H]4O[C@H](CO)[C@@H](O)[C@H](O)[C@H]4O)c3)c(O)c2)N1c1ccccc1. The highest BCUT2D eigenvalue weighted by Crippen LogP contribution is 2.48. The Kier molecular flexibility index (Phi) is 9.19. The lowest BCUT2D eigenvalue weighted by Gasteiger charge is -2.48. The molecule has 2 aliphatic rings. The molecule has 6 rings (SSSR count). The summed E-state index contributed by atoms with van der Waals surface area (Å²) in [5.41, 5.74) is 3.09. The average Bonchev–Trinajstić information content (AvgIpc) is 3.07. The van der Waals surface area contributed by atoms with Crippen LogP contribution in [0.5, 0.6) is 5.75 Å². The van der Waals surface area contributed by atoms with Crippen molar-refractivity contribution in [3.05, 3.63) is 120 Å². The van der Waals surface area contributed by atoms with Gasteiger partial charge in [-0.25, -0.2) is 4.39 Å². The number of carbonyl (C=O) groups excluding carboxylic acids is 1. The molecular formula is C36H36FNO8. The number of rotatable bonds is 9. The molecule has 0 saturated carbocycles. The number of anilines is 1. The number of nitrogens with zero attached hydrogens (tertiary/aromatic N) is 1. The number of phenolic OH excluding ortho intramolecular Hbond substituents is 1. The van der Waals surface area contributed by atoms with E-state index in [1.165, 1.54) is 12.1 Å². The lowest BCUT2D eigenvalue weighted by molar-refractivity contribution is -0.231. The fraction of sp³-hybridized carbons (Fsp3) is 0.306. The standard InChI is InChI=1S/C36H36FNO8/c37-27-12-5-4-11-25(27)28(40)16-15-26-31(38(36(26)45)23-9-2-1-3-10-23)21-13-14-24(29(41)18-21)20-7-6-8-22(17-20)35-34(44)33(43)32(42)30(19-39)46-35/h1-14,17-18,26,28,30-35,39-44H,15-16,19H2/t26-,28+,30-,31-,32-,33+,34-,35+/m1/s1. The molecule has 8 atom stereocenters. The molecule has 0 aliphatic carbocycles. The minimum atomic E-state index is -1.52. The summed E-state index contributed by atoms with van der Waals surface area (Å²) < 4.78 is 20.0. The van der Waals surface area contributed by atoms with E-state index in [4.69, 9.17) is 4.74 Å². The number of halogens is 1. The highest BCUT2D eigenvalue weighted by molar-refractivity contribution is 6.03. The first-order valence-corrected chi connectivity index (χ1v) is 15.2. The van der Waals surface area contributed by atoms with Crippen LogP contribution in [0.2, 0.25) is 0 Å². The summed E-state index contributed by atoms with van der Waals surface area (Å²) in [6.07, 6.45) is -7.14. The zero-order valence-corrected chi connectivity index (χ0v) is 24.8. The fourth-order valence-electron chi connectivity index (χ4n) is 6.56. The molecule has 6 N–H and O–H groups in total. The van der Waals surface area contributed by atoms with Gasteiger partial charge < -0.3 is 40.3 Å². The number of β-lactam (4-membered cyclic amide) rings is 1. The van der Waals surface area contributed by atoms with Crippen molar-refractivity contribution < 1.29 is 44.6 Å². The van der Waals surface area contributed by atoms with Crippen molar-refractivity contribution in [3.8, 4) is 16.9 Å². The highest BCUT2D eigenvalue weighted by atomic mass is 19.1. The van der Waals surface area contributed by atoms with E-state index in [9.17, 15) is 39.8 Å². The Bertz CT molecular complexity index is 1680. The smallest absolute Gasteiger partial charge is 0.233 e. The molecule has 1 amide bonds. The van der Waals surface area contributed by atoms with Crippen molar-refractivity contribution in [1.82, 2.24) is 0 Å². The van der Waals surface area contributed by atoms with Gasteiger partial charge in [-0.2, -0.15) is 0 Å². The molecule has 2 fully saturated rings. The van der Waals surface area contributed by atoms with Crippen LogP contribution in [0.3, 0.4) is 0 Å². The second kappa shape index (κ2) is 13.3. The van der Waals surface area contributed by atoms with Crippen LogP contribution in [-0.2, 0) is 9.53 Å². The van der Waals surface area contributed by atoms with E-state index in [0.29, 0.717) is 34.4 Å². The second-order valence-electron chi connectivity index (χ2n) is 11.9. The molecule has 4 aromatic carbocycles. The summed E-state index contributed by atoms with van der Waals surface area (Å²) in [4.78, 5) is 15.1. The third kappa shape index (κ3) is 5.91. The molecule has 4 aromatic rings. The van der Waals surface area contributed by atoms with Gasteiger partial charge in [0.2, 0.25) is 5.91 Å². The quantitative estimate of drug-likeness (QED) is 0.153. The zero-order valence-electron chi connectivity index (χ0n) is 24.8. The molecule has 9 nitrogen and oxygen atoms in total. The Morgan fingerprint density at radius 1 is 0.826 bits per heavy atom. The third-order valence-corrected chi connectivity index (χ3v) is 9.05. The van der Waals surface area contributed by atoms with Crippen molar-refractivity contribution in [2.24, 2.45) is 5.92 Å². The topological polar surface area (TPSA) is 151 Å².